The molecule has 6 heteroatoms. The lowest BCUT2D eigenvalue weighted by molar-refractivity contribution is -0.118. The molecule has 0 aliphatic carbocycles. The van der Waals surface area contributed by atoms with Crippen molar-refractivity contribution in [3.05, 3.63) is 58.4 Å². The first-order chi connectivity index (χ1) is 12.4. The molecule has 0 radical (unpaired) electrons. The number of aliphatic hydroxyl groups excluding tert-OH is 2. The normalized spacial score (nSPS) is 10.9. The molecule has 2 aromatic carbocycles. The lowest BCUT2D eigenvalue weighted by atomic mass is 9.98. The summed E-state index contributed by atoms with van der Waals surface area (Å²) in [5, 5.41) is 21.6. The molecule has 0 aliphatic heterocycles. The number of hydrogen-bond acceptors (Lipinski definition) is 4. The van der Waals surface area contributed by atoms with Crippen LogP contribution < -0.4 is 10.1 Å². The Labute approximate surface area is 152 Å². The van der Waals surface area contributed by atoms with Gasteiger partial charge < -0.3 is 20.3 Å². The molecule has 2 aromatic rings. The predicted octanol–water partition coefficient (Wildman–Crippen LogP) is 3.26. The zero-order valence-electron chi connectivity index (χ0n) is 15.2. The minimum atomic E-state index is -0.587. The van der Waals surface area contributed by atoms with Crippen LogP contribution in [0.2, 0.25) is 0 Å². The molecule has 0 bridgehead atoms. The van der Waals surface area contributed by atoms with Crippen LogP contribution in [0.25, 0.3) is 0 Å². The molecule has 5 nitrogen and oxygen atoms in total. The van der Waals surface area contributed by atoms with Crippen LogP contribution in [0.4, 0.5) is 10.1 Å². The summed E-state index contributed by atoms with van der Waals surface area (Å²) in [5.74, 6) is -0.597. The summed E-state index contributed by atoms with van der Waals surface area (Å²) in [5.41, 5.74) is 3.08. The molecule has 2 rings (SSSR count). The van der Waals surface area contributed by atoms with E-state index in [0.717, 1.165) is 28.9 Å². The highest BCUT2D eigenvalue weighted by Gasteiger charge is 2.16. The minimum absolute atomic E-state index is 0.125. The Bertz CT molecular complexity index is 764. The summed E-state index contributed by atoms with van der Waals surface area (Å²) < 4.78 is 19.0. The van der Waals surface area contributed by atoms with Gasteiger partial charge in [0.1, 0.15) is 11.6 Å². The van der Waals surface area contributed by atoms with E-state index in [2.05, 4.69) is 5.32 Å². The van der Waals surface area contributed by atoms with Gasteiger partial charge in [-0.25, -0.2) is 4.39 Å². The molecule has 0 unspecified atom stereocenters. The van der Waals surface area contributed by atoms with Gasteiger partial charge in [-0.3, -0.25) is 4.79 Å². The van der Waals surface area contributed by atoms with Gasteiger partial charge in [0.25, 0.3) is 5.91 Å². The first kappa shape index (κ1) is 19.9. The molecule has 0 saturated carbocycles. The van der Waals surface area contributed by atoms with Gasteiger partial charge in [-0.05, 0) is 36.1 Å². The van der Waals surface area contributed by atoms with Crippen molar-refractivity contribution in [3.63, 3.8) is 0 Å². The largest absolute Gasteiger partial charge is 0.483 e. The van der Waals surface area contributed by atoms with E-state index in [1.54, 1.807) is 0 Å². The maximum Gasteiger partial charge on any atom is 0.262 e. The Hall–Kier alpha value is -2.44. The van der Waals surface area contributed by atoms with E-state index < -0.39 is 19.0 Å². The van der Waals surface area contributed by atoms with E-state index in [0.29, 0.717) is 0 Å². The second-order valence-electron chi connectivity index (χ2n) is 6.40. The number of halogens is 1. The van der Waals surface area contributed by atoms with Crippen LogP contribution in [-0.2, 0) is 18.0 Å². The first-order valence-electron chi connectivity index (χ1n) is 8.42. The molecule has 1 amide bonds. The minimum Gasteiger partial charge on any atom is -0.483 e. The molecule has 0 aromatic heterocycles. The first-order valence-corrected chi connectivity index (χ1v) is 8.42. The molecule has 0 aliphatic rings. The van der Waals surface area contributed by atoms with Crippen LogP contribution in [0, 0.1) is 12.7 Å². The third kappa shape index (κ3) is 4.59. The van der Waals surface area contributed by atoms with Gasteiger partial charge >= 0.3 is 0 Å². The highest BCUT2D eigenvalue weighted by Crippen LogP contribution is 2.28. The number of carbonyl (C=O) groups is 1. The molecule has 26 heavy (non-hydrogen) atoms. The quantitative estimate of drug-likeness (QED) is 0.707. The van der Waals surface area contributed by atoms with Crippen molar-refractivity contribution in [3.8, 4) is 5.75 Å². The number of hydrogen-bond donors (Lipinski definition) is 3. The third-order valence-electron chi connectivity index (χ3n) is 4.09. The van der Waals surface area contributed by atoms with Crippen LogP contribution in [0.5, 0.6) is 5.75 Å². The fourth-order valence-electron chi connectivity index (χ4n) is 2.79. The number of benzene rings is 2. The van der Waals surface area contributed by atoms with Gasteiger partial charge in [-0.2, -0.15) is 0 Å². The summed E-state index contributed by atoms with van der Waals surface area (Å²) in [4.78, 5) is 12.3. The average Bonchev–Trinajstić information content (AvgIpc) is 2.61. The van der Waals surface area contributed by atoms with Gasteiger partial charge in [0.05, 0.1) is 13.2 Å². The van der Waals surface area contributed by atoms with Gasteiger partial charge in [-0.1, -0.05) is 32.0 Å². The maximum atomic E-state index is 13.5. The Morgan fingerprint density at radius 3 is 2.35 bits per heavy atom. The van der Waals surface area contributed by atoms with E-state index in [-0.39, 0.29) is 35.3 Å². The van der Waals surface area contributed by atoms with Crippen molar-refractivity contribution in [1.29, 1.82) is 0 Å². The van der Waals surface area contributed by atoms with E-state index in [4.69, 9.17) is 4.74 Å². The maximum absolute atomic E-state index is 13.5. The van der Waals surface area contributed by atoms with Crippen molar-refractivity contribution < 1.29 is 24.1 Å². The van der Waals surface area contributed by atoms with Gasteiger partial charge in [-0.15, -0.1) is 0 Å². The van der Waals surface area contributed by atoms with E-state index >= 15 is 0 Å². The number of nitrogens with one attached hydrogen (secondary N) is 1. The Kier molecular flexibility index (Phi) is 6.71. The molecule has 140 valence electrons. The van der Waals surface area contributed by atoms with Crippen molar-refractivity contribution in [2.75, 3.05) is 11.9 Å². The summed E-state index contributed by atoms with van der Waals surface area (Å²) >= 11 is 0. The lowest BCUT2D eigenvalue weighted by Gasteiger charge is -2.18. The van der Waals surface area contributed by atoms with Gasteiger partial charge in [0, 0.05) is 16.8 Å². The van der Waals surface area contributed by atoms with Crippen molar-refractivity contribution in [2.24, 2.45) is 0 Å². The molecule has 0 spiro atoms. The highest BCUT2D eigenvalue weighted by atomic mass is 19.1. The van der Waals surface area contributed by atoms with E-state index in [1.165, 1.54) is 0 Å². The van der Waals surface area contributed by atoms with E-state index in [9.17, 15) is 19.4 Å². The number of aryl methyl sites for hydroxylation is 1. The fourth-order valence-corrected chi connectivity index (χ4v) is 2.79. The van der Waals surface area contributed by atoms with E-state index in [1.807, 2.05) is 39.0 Å². The van der Waals surface area contributed by atoms with Crippen LogP contribution >= 0.6 is 0 Å². The second kappa shape index (κ2) is 8.78. The Morgan fingerprint density at radius 1 is 1.19 bits per heavy atom. The number of aliphatic hydroxyl groups is 2. The topological polar surface area (TPSA) is 78.8 Å². The van der Waals surface area contributed by atoms with Crippen LogP contribution in [-0.4, -0.2) is 22.7 Å². The number of rotatable bonds is 7. The van der Waals surface area contributed by atoms with Crippen LogP contribution in [0.3, 0.4) is 0 Å². The zero-order valence-corrected chi connectivity index (χ0v) is 15.2. The number of para-hydroxylation sites is 1. The van der Waals surface area contributed by atoms with Gasteiger partial charge in [0.15, 0.2) is 6.61 Å². The summed E-state index contributed by atoms with van der Waals surface area (Å²) in [7, 11) is 0. The number of anilines is 1. The third-order valence-corrected chi connectivity index (χ3v) is 4.09. The second-order valence-corrected chi connectivity index (χ2v) is 6.40. The summed E-state index contributed by atoms with van der Waals surface area (Å²) in [6.45, 7) is 4.75. The average molecular weight is 361 g/mol. The Morgan fingerprint density at radius 2 is 1.81 bits per heavy atom. The number of amides is 1. The molecule has 0 fully saturated rings. The SMILES string of the molecule is Cc1cccc(C(C)C)c1NC(=O)COc1c(CO)cc(F)cc1CO. The molecule has 3 N–H and O–H groups in total. The summed E-state index contributed by atoms with van der Waals surface area (Å²) in [6.07, 6.45) is 0. The summed E-state index contributed by atoms with van der Waals surface area (Å²) in [6, 6.07) is 8.05. The number of ether oxygens (including phenoxy) is 1. The molecular formula is C20H24FNO4. The molecule has 0 atom stereocenters. The standard InChI is InChI=1S/C20H24FNO4/c1-12(2)17-6-4-5-13(3)19(17)22-18(25)11-26-20-14(9-23)7-16(21)8-15(20)10-24/h4-8,12,23-24H,9-11H2,1-3H3,(H,22,25). The van der Waals surface area contributed by atoms with Crippen molar-refractivity contribution in [1.82, 2.24) is 0 Å². The Balaban J connectivity index is 2.16. The smallest absolute Gasteiger partial charge is 0.262 e. The van der Waals surface area contributed by atoms with Crippen LogP contribution in [0.1, 0.15) is 42.0 Å². The van der Waals surface area contributed by atoms with Crippen molar-refractivity contribution >= 4 is 11.6 Å². The lowest BCUT2D eigenvalue weighted by Crippen LogP contribution is -2.22. The molecule has 0 heterocycles. The molecular weight excluding hydrogens is 337 g/mol. The molecule has 0 saturated heterocycles. The number of carbonyl (C=O) groups excluding carboxylic acids is 1. The van der Waals surface area contributed by atoms with Crippen molar-refractivity contribution in [2.45, 2.75) is 39.9 Å². The monoisotopic (exact) mass is 361 g/mol. The zero-order chi connectivity index (χ0) is 19.3. The predicted molar refractivity (Wildman–Crippen MR) is 97.6 cm³/mol. The fraction of sp³-hybridized carbons (Fsp3) is 0.350. The highest BCUT2D eigenvalue weighted by molar-refractivity contribution is 5.93. The van der Waals surface area contributed by atoms with Crippen LogP contribution in [0.15, 0.2) is 30.3 Å². The van der Waals surface area contributed by atoms with Gasteiger partial charge in [0.2, 0.25) is 0 Å².